The zero-order valence-electron chi connectivity index (χ0n) is 15.8. The number of ether oxygens (including phenoxy) is 2. The summed E-state index contributed by atoms with van der Waals surface area (Å²) in [6, 6.07) is 15.8. The molecule has 8 nitrogen and oxygen atoms in total. The maximum Gasteiger partial charge on any atom is 0.292 e. The Hall–Kier alpha value is -4.07. The van der Waals surface area contributed by atoms with E-state index in [2.05, 4.69) is 15.3 Å². The molecule has 0 spiro atoms. The first-order valence-corrected chi connectivity index (χ1v) is 8.81. The third-order valence-electron chi connectivity index (χ3n) is 4.56. The summed E-state index contributed by atoms with van der Waals surface area (Å²) in [5.41, 5.74) is 2.90. The smallest absolute Gasteiger partial charge is 0.292 e. The molecular formula is C21H18N4O4. The van der Waals surface area contributed by atoms with Crippen molar-refractivity contribution in [2.45, 2.75) is 0 Å². The molecule has 8 heteroatoms. The van der Waals surface area contributed by atoms with E-state index in [1.54, 1.807) is 38.5 Å². The van der Waals surface area contributed by atoms with Gasteiger partial charge in [-0.3, -0.25) is 10.1 Å². The van der Waals surface area contributed by atoms with Gasteiger partial charge in [-0.25, -0.2) is 4.98 Å². The molecule has 2 N–H and O–H groups in total. The van der Waals surface area contributed by atoms with E-state index in [1.165, 1.54) is 6.07 Å². The van der Waals surface area contributed by atoms with Crippen molar-refractivity contribution in [1.29, 1.82) is 0 Å². The standard InChI is InChI=1S/C21H18N4O4/c1-28-14-9-13(10-15(11-14)29-2)17-12-22-21-16(17)7-8-20(24-21)23-18-5-3-4-6-19(18)25(26)27/h3-12H,1-2H3,(H2,22,23,24). The maximum absolute atomic E-state index is 11.2. The van der Waals surface area contributed by atoms with Crippen molar-refractivity contribution in [3.8, 4) is 22.6 Å². The molecule has 0 atom stereocenters. The zero-order valence-corrected chi connectivity index (χ0v) is 15.8. The van der Waals surface area contributed by atoms with Crippen LogP contribution in [-0.2, 0) is 0 Å². The number of H-pyrrole nitrogens is 1. The number of nitrogens with one attached hydrogen (secondary N) is 2. The van der Waals surface area contributed by atoms with Crippen molar-refractivity contribution < 1.29 is 14.4 Å². The first kappa shape index (κ1) is 18.3. The third-order valence-corrected chi connectivity index (χ3v) is 4.56. The number of nitro groups is 1. The monoisotopic (exact) mass is 390 g/mol. The molecule has 0 saturated heterocycles. The predicted octanol–water partition coefficient (Wildman–Crippen LogP) is 4.90. The number of aromatic nitrogens is 2. The molecule has 0 unspecified atom stereocenters. The summed E-state index contributed by atoms with van der Waals surface area (Å²) in [7, 11) is 3.21. The van der Waals surface area contributed by atoms with Gasteiger partial charge in [-0.1, -0.05) is 12.1 Å². The highest BCUT2D eigenvalue weighted by Gasteiger charge is 2.14. The number of nitro benzene ring substituents is 1. The van der Waals surface area contributed by atoms with Crippen molar-refractivity contribution in [2.24, 2.45) is 0 Å². The van der Waals surface area contributed by atoms with E-state index in [0.29, 0.717) is 28.7 Å². The van der Waals surface area contributed by atoms with Gasteiger partial charge in [-0.2, -0.15) is 0 Å². The van der Waals surface area contributed by atoms with E-state index < -0.39 is 4.92 Å². The molecule has 0 aliphatic rings. The molecule has 29 heavy (non-hydrogen) atoms. The number of anilines is 2. The second kappa shape index (κ2) is 7.51. The Morgan fingerprint density at radius 3 is 2.45 bits per heavy atom. The minimum Gasteiger partial charge on any atom is -0.497 e. The van der Waals surface area contributed by atoms with Crippen LogP contribution < -0.4 is 14.8 Å². The van der Waals surface area contributed by atoms with E-state index in [-0.39, 0.29) is 5.69 Å². The molecule has 0 aliphatic heterocycles. The van der Waals surface area contributed by atoms with Crippen molar-refractivity contribution >= 4 is 28.2 Å². The summed E-state index contributed by atoms with van der Waals surface area (Å²) in [4.78, 5) is 18.5. The Bertz CT molecular complexity index is 1180. The lowest BCUT2D eigenvalue weighted by atomic mass is 10.1. The summed E-state index contributed by atoms with van der Waals surface area (Å²) in [6.07, 6.45) is 1.86. The second-order valence-electron chi connectivity index (χ2n) is 6.30. The third kappa shape index (κ3) is 3.55. The summed E-state index contributed by atoms with van der Waals surface area (Å²) >= 11 is 0. The van der Waals surface area contributed by atoms with Gasteiger partial charge in [-0.05, 0) is 35.9 Å². The van der Waals surface area contributed by atoms with Gasteiger partial charge in [0, 0.05) is 29.3 Å². The highest BCUT2D eigenvalue weighted by Crippen LogP contribution is 2.34. The van der Waals surface area contributed by atoms with Gasteiger partial charge in [0.1, 0.15) is 28.7 Å². The van der Waals surface area contributed by atoms with Gasteiger partial charge >= 0.3 is 0 Å². The second-order valence-corrected chi connectivity index (χ2v) is 6.30. The molecular weight excluding hydrogens is 372 g/mol. The quantitative estimate of drug-likeness (QED) is 0.359. The molecule has 4 aromatic rings. The predicted molar refractivity (Wildman–Crippen MR) is 111 cm³/mol. The molecule has 0 radical (unpaired) electrons. The molecule has 0 bridgehead atoms. The number of rotatable bonds is 6. The molecule has 2 heterocycles. The molecule has 0 fully saturated rings. The van der Waals surface area contributed by atoms with E-state index in [9.17, 15) is 10.1 Å². The van der Waals surface area contributed by atoms with Crippen LogP contribution in [-0.4, -0.2) is 29.1 Å². The van der Waals surface area contributed by atoms with Crippen LogP contribution in [0.1, 0.15) is 0 Å². The summed E-state index contributed by atoms with van der Waals surface area (Å²) in [5, 5.41) is 15.1. The van der Waals surface area contributed by atoms with Crippen LogP contribution in [0.5, 0.6) is 11.5 Å². The normalized spacial score (nSPS) is 10.7. The van der Waals surface area contributed by atoms with Crippen LogP contribution in [0.15, 0.2) is 60.8 Å². The van der Waals surface area contributed by atoms with Gasteiger partial charge < -0.3 is 19.8 Å². The lowest BCUT2D eigenvalue weighted by Crippen LogP contribution is -1.98. The number of nitrogens with zero attached hydrogens (tertiary/aromatic N) is 2. The maximum atomic E-state index is 11.2. The lowest BCUT2D eigenvalue weighted by Gasteiger charge is -2.08. The largest absolute Gasteiger partial charge is 0.497 e. The fraction of sp³-hybridized carbons (Fsp3) is 0.0952. The molecule has 0 amide bonds. The van der Waals surface area contributed by atoms with Gasteiger partial charge in [0.15, 0.2) is 0 Å². The molecule has 0 saturated carbocycles. The Balaban J connectivity index is 1.71. The van der Waals surface area contributed by atoms with Crippen LogP contribution >= 0.6 is 0 Å². The highest BCUT2D eigenvalue weighted by atomic mass is 16.6. The topological polar surface area (TPSA) is 102 Å². The van der Waals surface area contributed by atoms with Crippen LogP contribution in [0.25, 0.3) is 22.2 Å². The van der Waals surface area contributed by atoms with Crippen LogP contribution in [0.4, 0.5) is 17.2 Å². The van der Waals surface area contributed by atoms with E-state index >= 15 is 0 Å². The van der Waals surface area contributed by atoms with Gasteiger partial charge in [0.25, 0.3) is 5.69 Å². The Morgan fingerprint density at radius 1 is 1.03 bits per heavy atom. The molecule has 2 aromatic heterocycles. The number of aromatic amines is 1. The van der Waals surface area contributed by atoms with Crippen molar-refractivity contribution in [3.63, 3.8) is 0 Å². The minimum atomic E-state index is -0.427. The Kier molecular flexibility index (Phi) is 4.74. The number of pyridine rings is 1. The van der Waals surface area contributed by atoms with Crippen molar-refractivity contribution in [3.05, 3.63) is 70.9 Å². The van der Waals surface area contributed by atoms with E-state index in [4.69, 9.17) is 9.47 Å². The van der Waals surface area contributed by atoms with Gasteiger partial charge in [-0.15, -0.1) is 0 Å². The minimum absolute atomic E-state index is 0.00922. The number of fused-ring (bicyclic) bond motifs is 1. The highest BCUT2D eigenvalue weighted by molar-refractivity contribution is 5.95. The van der Waals surface area contributed by atoms with E-state index in [0.717, 1.165) is 16.5 Å². The summed E-state index contributed by atoms with van der Waals surface area (Å²) < 4.78 is 10.7. The fourth-order valence-electron chi connectivity index (χ4n) is 3.15. The first-order valence-electron chi connectivity index (χ1n) is 8.81. The first-order chi connectivity index (χ1) is 14.1. The summed E-state index contributed by atoms with van der Waals surface area (Å²) in [6.45, 7) is 0. The molecule has 4 rings (SSSR count). The Morgan fingerprint density at radius 2 is 1.76 bits per heavy atom. The van der Waals surface area contributed by atoms with Crippen molar-refractivity contribution in [1.82, 2.24) is 9.97 Å². The van der Waals surface area contributed by atoms with Gasteiger partial charge in [0.05, 0.1) is 19.1 Å². The van der Waals surface area contributed by atoms with Crippen molar-refractivity contribution in [2.75, 3.05) is 19.5 Å². The lowest BCUT2D eigenvalue weighted by molar-refractivity contribution is -0.383. The fourth-order valence-corrected chi connectivity index (χ4v) is 3.15. The molecule has 146 valence electrons. The van der Waals surface area contributed by atoms with Crippen LogP contribution in [0, 0.1) is 10.1 Å². The molecule has 2 aromatic carbocycles. The number of para-hydroxylation sites is 2. The zero-order chi connectivity index (χ0) is 20.4. The molecule has 0 aliphatic carbocycles. The van der Waals surface area contributed by atoms with E-state index in [1.807, 2.05) is 30.5 Å². The number of methoxy groups -OCH3 is 2. The SMILES string of the molecule is COc1cc(OC)cc(-c2c[nH]c3nc(Nc4ccccc4[N+](=O)[O-])ccc23)c1. The number of hydrogen-bond donors (Lipinski definition) is 2. The van der Waals surface area contributed by atoms with Crippen LogP contribution in [0.3, 0.4) is 0 Å². The van der Waals surface area contributed by atoms with Crippen LogP contribution in [0.2, 0.25) is 0 Å². The number of benzene rings is 2. The number of hydrogen-bond acceptors (Lipinski definition) is 6. The Labute approximate surface area is 166 Å². The van der Waals surface area contributed by atoms with Gasteiger partial charge in [0.2, 0.25) is 0 Å². The summed E-state index contributed by atoms with van der Waals surface area (Å²) in [5.74, 6) is 1.89. The average molecular weight is 390 g/mol. The average Bonchev–Trinajstić information content (AvgIpc) is 3.17.